The van der Waals surface area contributed by atoms with Gasteiger partial charge in [-0.25, -0.2) is 4.79 Å². The second-order valence-corrected chi connectivity index (χ2v) is 11.0. The third-order valence-corrected chi connectivity index (χ3v) is 8.26. The number of carbonyl (C=O) groups is 3. The number of nitriles is 1. The van der Waals surface area contributed by atoms with Gasteiger partial charge in [0, 0.05) is 43.8 Å². The van der Waals surface area contributed by atoms with E-state index in [0.29, 0.717) is 18.5 Å². The lowest BCUT2D eigenvalue weighted by Gasteiger charge is -2.32. The van der Waals surface area contributed by atoms with Crippen LogP contribution in [0.1, 0.15) is 77.0 Å². The molecule has 2 fully saturated rings. The zero-order chi connectivity index (χ0) is 28.6. The number of hydrogen-bond acceptors (Lipinski definition) is 6. The first-order chi connectivity index (χ1) is 19.4. The molecule has 40 heavy (non-hydrogen) atoms. The van der Waals surface area contributed by atoms with Crippen LogP contribution in [0.2, 0.25) is 0 Å². The van der Waals surface area contributed by atoms with Gasteiger partial charge in [0.1, 0.15) is 6.04 Å². The number of amides is 2. The van der Waals surface area contributed by atoms with Crippen molar-refractivity contribution in [1.82, 2.24) is 19.7 Å². The molecule has 2 saturated heterocycles. The van der Waals surface area contributed by atoms with Gasteiger partial charge < -0.3 is 19.5 Å². The molecule has 1 aromatic carbocycles. The number of esters is 1. The van der Waals surface area contributed by atoms with E-state index in [1.807, 2.05) is 18.2 Å². The van der Waals surface area contributed by atoms with Crippen molar-refractivity contribution in [1.29, 1.82) is 5.26 Å². The van der Waals surface area contributed by atoms with E-state index in [9.17, 15) is 19.6 Å². The number of rotatable bonds is 12. The van der Waals surface area contributed by atoms with E-state index in [0.717, 1.165) is 75.5 Å². The van der Waals surface area contributed by atoms with Gasteiger partial charge in [-0.05, 0) is 88.4 Å². The molecule has 2 amide bonds. The van der Waals surface area contributed by atoms with E-state index >= 15 is 0 Å². The van der Waals surface area contributed by atoms with Gasteiger partial charge in [-0.15, -0.1) is 0 Å². The zero-order valence-corrected chi connectivity index (χ0v) is 24.2. The topological polar surface area (TPSA) is 108 Å². The van der Waals surface area contributed by atoms with Crippen LogP contribution in [0.15, 0.2) is 24.3 Å². The number of nitrogens with zero attached hydrogens (tertiary/aromatic N) is 4. The Kier molecular flexibility index (Phi) is 10.2. The molecule has 1 aromatic heterocycles. The highest BCUT2D eigenvalue weighted by atomic mass is 16.5. The number of benzene rings is 1. The summed E-state index contributed by atoms with van der Waals surface area (Å²) < 4.78 is 7.48. The van der Waals surface area contributed by atoms with Crippen molar-refractivity contribution in [2.24, 2.45) is 0 Å². The van der Waals surface area contributed by atoms with Crippen LogP contribution in [0.5, 0.6) is 0 Å². The van der Waals surface area contributed by atoms with Crippen molar-refractivity contribution in [2.45, 2.75) is 96.8 Å². The van der Waals surface area contributed by atoms with Gasteiger partial charge in [0.25, 0.3) is 0 Å². The first-order valence-corrected chi connectivity index (χ1v) is 14.9. The molecule has 2 aliphatic heterocycles. The summed E-state index contributed by atoms with van der Waals surface area (Å²) in [6, 6.07) is 9.70. The van der Waals surface area contributed by atoms with Gasteiger partial charge in [0.05, 0.1) is 24.3 Å². The van der Waals surface area contributed by atoms with Crippen molar-refractivity contribution in [3.63, 3.8) is 0 Å². The fourth-order valence-corrected chi connectivity index (χ4v) is 6.41. The molecule has 0 bridgehead atoms. The van der Waals surface area contributed by atoms with Gasteiger partial charge in [-0.3, -0.25) is 14.5 Å². The first kappa shape index (κ1) is 29.6. The number of nitrogens with one attached hydrogen (secondary N) is 1. The third kappa shape index (κ3) is 6.84. The third-order valence-electron chi connectivity index (χ3n) is 8.26. The minimum absolute atomic E-state index is 0.184. The van der Waals surface area contributed by atoms with Gasteiger partial charge in [-0.1, -0.05) is 13.0 Å². The van der Waals surface area contributed by atoms with E-state index in [2.05, 4.69) is 38.7 Å². The normalized spacial score (nSPS) is 20.0. The fourth-order valence-electron chi connectivity index (χ4n) is 6.41. The number of carbonyl (C=O) groups excluding carboxylic acids is 3. The molecule has 3 atom stereocenters. The van der Waals surface area contributed by atoms with Crippen LogP contribution in [-0.4, -0.2) is 76.5 Å². The lowest BCUT2D eigenvalue weighted by Crippen LogP contribution is -2.49. The summed E-state index contributed by atoms with van der Waals surface area (Å²) in [6.07, 6.45) is 7.02. The standard InChI is InChI=1S/C31H43N5O4/c1-4-15-35-26(20-24-11-10-23(21-32)19-29(24)35)13-12-25-8-6-17-36(25)30(38)28-9-7-16-34(28)18-14-27(33-22(3)37)31(39)40-5-2/h10-11,19-20,25,27-28H,4-9,12-18H2,1-3H3,(H,33,37)/t25-,27-,28+/m0/s1. The molecule has 0 unspecified atom stereocenters. The van der Waals surface area contributed by atoms with Crippen molar-refractivity contribution in [3.05, 3.63) is 35.5 Å². The molecule has 216 valence electrons. The zero-order valence-electron chi connectivity index (χ0n) is 24.2. The van der Waals surface area contributed by atoms with E-state index in [-0.39, 0.29) is 30.5 Å². The Balaban J connectivity index is 1.40. The Morgan fingerprint density at radius 1 is 1.12 bits per heavy atom. The van der Waals surface area contributed by atoms with Gasteiger partial charge >= 0.3 is 5.97 Å². The van der Waals surface area contributed by atoms with Crippen molar-refractivity contribution in [3.8, 4) is 6.07 Å². The highest BCUT2D eigenvalue weighted by molar-refractivity contribution is 5.84. The van der Waals surface area contributed by atoms with E-state index in [1.54, 1.807) is 6.92 Å². The van der Waals surface area contributed by atoms with Crippen LogP contribution in [0.25, 0.3) is 10.9 Å². The number of aryl methyl sites for hydroxylation is 2. The second-order valence-electron chi connectivity index (χ2n) is 11.0. The lowest BCUT2D eigenvalue weighted by atomic mass is 10.1. The summed E-state index contributed by atoms with van der Waals surface area (Å²) in [7, 11) is 0. The maximum Gasteiger partial charge on any atom is 0.328 e. The average Bonchev–Trinajstić information content (AvgIpc) is 3.68. The highest BCUT2D eigenvalue weighted by Crippen LogP contribution is 2.29. The SMILES string of the molecule is CCCn1c(CC[C@@H]2CCCN2C(=O)[C@H]2CCCN2CC[C@H](NC(C)=O)C(=O)OCC)cc2ccc(C#N)cc21. The van der Waals surface area contributed by atoms with Crippen molar-refractivity contribution in [2.75, 3.05) is 26.2 Å². The molecule has 1 N–H and O–H groups in total. The predicted molar refractivity (Wildman–Crippen MR) is 153 cm³/mol. The first-order valence-electron chi connectivity index (χ1n) is 14.9. The van der Waals surface area contributed by atoms with Gasteiger partial charge in [0.2, 0.25) is 11.8 Å². The molecular formula is C31H43N5O4. The Labute approximate surface area is 237 Å². The average molecular weight is 550 g/mol. The molecule has 2 aliphatic rings. The molecule has 0 aliphatic carbocycles. The molecule has 9 nitrogen and oxygen atoms in total. The van der Waals surface area contributed by atoms with Crippen LogP contribution in [-0.2, 0) is 32.1 Å². The summed E-state index contributed by atoms with van der Waals surface area (Å²) in [5, 5.41) is 13.2. The second kappa shape index (κ2) is 13.8. The number of fused-ring (bicyclic) bond motifs is 1. The minimum Gasteiger partial charge on any atom is -0.464 e. The monoisotopic (exact) mass is 549 g/mol. The van der Waals surface area contributed by atoms with Crippen LogP contribution < -0.4 is 5.32 Å². The van der Waals surface area contributed by atoms with Crippen LogP contribution in [0.4, 0.5) is 0 Å². The molecule has 0 saturated carbocycles. The summed E-state index contributed by atoms with van der Waals surface area (Å²) in [4.78, 5) is 42.1. The molecule has 2 aromatic rings. The maximum absolute atomic E-state index is 13.8. The van der Waals surface area contributed by atoms with Crippen molar-refractivity contribution < 1.29 is 19.1 Å². The summed E-state index contributed by atoms with van der Waals surface area (Å²) in [6.45, 7) is 8.63. The van der Waals surface area contributed by atoms with E-state index in [4.69, 9.17) is 4.74 Å². The largest absolute Gasteiger partial charge is 0.464 e. The molecule has 0 radical (unpaired) electrons. The van der Waals surface area contributed by atoms with Crippen LogP contribution in [0, 0.1) is 11.3 Å². The minimum atomic E-state index is -0.701. The van der Waals surface area contributed by atoms with Crippen LogP contribution in [0.3, 0.4) is 0 Å². The predicted octanol–water partition coefficient (Wildman–Crippen LogP) is 3.77. The Morgan fingerprint density at radius 3 is 2.65 bits per heavy atom. The summed E-state index contributed by atoms with van der Waals surface area (Å²) in [5.41, 5.74) is 3.04. The quantitative estimate of drug-likeness (QED) is 0.404. The fraction of sp³-hybridized carbons (Fsp3) is 0.613. The molecular weight excluding hydrogens is 506 g/mol. The maximum atomic E-state index is 13.8. The summed E-state index contributed by atoms with van der Waals surface area (Å²) in [5.74, 6) is -0.501. The smallest absolute Gasteiger partial charge is 0.328 e. The molecule has 0 spiro atoms. The lowest BCUT2D eigenvalue weighted by molar-refractivity contribution is -0.147. The highest BCUT2D eigenvalue weighted by Gasteiger charge is 2.38. The van der Waals surface area contributed by atoms with Crippen molar-refractivity contribution >= 4 is 28.7 Å². The molecule has 4 rings (SSSR count). The van der Waals surface area contributed by atoms with Gasteiger partial charge in [0.15, 0.2) is 0 Å². The van der Waals surface area contributed by atoms with Gasteiger partial charge in [-0.2, -0.15) is 5.26 Å². The van der Waals surface area contributed by atoms with Crippen LogP contribution >= 0.6 is 0 Å². The summed E-state index contributed by atoms with van der Waals surface area (Å²) >= 11 is 0. The molecule has 9 heteroatoms. The van der Waals surface area contributed by atoms with E-state index < -0.39 is 12.0 Å². The number of likely N-dealkylation sites (tertiary alicyclic amines) is 2. The Morgan fingerprint density at radius 2 is 1.93 bits per heavy atom. The van der Waals surface area contributed by atoms with E-state index in [1.165, 1.54) is 12.6 Å². The number of ether oxygens (including phenoxy) is 1. The Bertz CT molecular complexity index is 1250. The Hall–Kier alpha value is -3.38. The number of aromatic nitrogens is 1. The number of hydrogen-bond donors (Lipinski definition) is 1. The molecule has 3 heterocycles.